The molecular weight excluding hydrogens is 186 g/mol. The number of hydrogen-bond acceptors (Lipinski definition) is 3. The summed E-state index contributed by atoms with van der Waals surface area (Å²) >= 11 is 0. The van der Waals surface area contributed by atoms with E-state index in [1.165, 1.54) is 6.42 Å². The molecular formula is C12H15N3. The van der Waals surface area contributed by atoms with E-state index >= 15 is 0 Å². The SMILES string of the molecule is CC1=NC2CC2C=N1.Cc1ccccn1. The van der Waals surface area contributed by atoms with Crippen LogP contribution in [0.2, 0.25) is 0 Å². The number of hydrogen-bond donors (Lipinski definition) is 0. The van der Waals surface area contributed by atoms with Gasteiger partial charge in [-0.05, 0) is 32.4 Å². The van der Waals surface area contributed by atoms with E-state index in [9.17, 15) is 0 Å². The largest absolute Gasteiger partial charge is 0.267 e. The molecule has 0 spiro atoms. The van der Waals surface area contributed by atoms with Gasteiger partial charge in [0.25, 0.3) is 0 Å². The highest BCUT2D eigenvalue weighted by atomic mass is 15.0. The maximum atomic E-state index is 4.28. The van der Waals surface area contributed by atoms with Crippen LogP contribution >= 0.6 is 0 Å². The molecule has 0 bridgehead atoms. The van der Waals surface area contributed by atoms with Crippen LogP contribution in [0.5, 0.6) is 0 Å². The second-order valence-corrected chi connectivity index (χ2v) is 3.89. The average molecular weight is 201 g/mol. The second kappa shape index (κ2) is 4.34. The molecule has 2 atom stereocenters. The lowest BCUT2D eigenvalue weighted by atomic mass is 10.4. The topological polar surface area (TPSA) is 37.6 Å². The van der Waals surface area contributed by atoms with Crippen LogP contribution in [0.4, 0.5) is 0 Å². The van der Waals surface area contributed by atoms with E-state index in [1.807, 2.05) is 38.3 Å². The van der Waals surface area contributed by atoms with Crippen molar-refractivity contribution >= 4 is 12.1 Å². The predicted octanol–water partition coefficient (Wildman–Crippen LogP) is 2.27. The number of aromatic nitrogens is 1. The summed E-state index contributed by atoms with van der Waals surface area (Å²) in [6.45, 7) is 3.92. The fraction of sp³-hybridized carbons (Fsp3) is 0.417. The molecule has 0 N–H and O–H groups in total. The molecule has 3 rings (SSSR count). The van der Waals surface area contributed by atoms with Crippen molar-refractivity contribution in [2.45, 2.75) is 26.3 Å². The Bertz CT molecular complexity index is 381. The first-order valence-corrected chi connectivity index (χ1v) is 5.22. The third-order valence-corrected chi connectivity index (χ3v) is 2.42. The van der Waals surface area contributed by atoms with Crippen molar-refractivity contribution < 1.29 is 0 Å². The smallest absolute Gasteiger partial charge is 0.120 e. The van der Waals surface area contributed by atoms with Crippen LogP contribution in [0.25, 0.3) is 0 Å². The lowest BCUT2D eigenvalue weighted by molar-refractivity contribution is 0.994. The Hall–Kier alpha value is -1.51. The summed E-state index contributed by atoms with van der Waals surface area (Å²) in [6.07, 6.45) is 5.04. The summed E-state index contributed by atoms with van der Waals surface area (Å²) in [5.74, 6) is 1.66. The fourth-order valence-corrected chi connectivity index (χ4v) is 1.43. The summed E-state index contributed by atoms with van der Waals surface area (Å²) < 4.78 is 0. The predicted molar refractivity (Wildman–Crippen MR) is 62.5 cm³/mol. The molecule has 15 heavy (non-hydrogen) atoms. The van der Waals surface area contributed by atoms with Gasteiger partial charge >= 0.3 is 0 Å². The molecule has 1 fully saturated rings. The van der Waals surface area contributed by atoms with Crippen LogP contribution in [0.15, 0.2) is 34.4 Å². The molecule has 0 saturated heterocycles. The maximum Gasteiger partial charge on any atom is 0.120 e. The molecule has 1 saturated carbocycles. The van der Waals surface area contributed by atoms with Crippen LogP contribution in [-0.2, 0) is 0 Å². The Morgan fingerprint density at radius 1 is 1.27 bits per heavy atom. The van der Waals surface area contributed by atoms with E-state index in [2.05, 4.69) is 15.0 Å². The van der Waals surface area contributed by atoms with E-state index < -0.39 is 0 Å². The Kier molecular flexibility index (Phi) is 2.90. The van der Waals surface area contributed by atoms with Gasteiger partial charge < -0.3 is 0 Å². The van der Waals surface area contributed by atoms with Gasteiger partial charge in [-0.3, -0.25) is 9.98 Å². The van der Waals surface area contributed by atoms with Crippen molar-refractivity contribution in [3.8, 4) is 0 Å². The fourth-order valence-electron chi connectivity index (χ4n) is 1.43. The minimum Gasteiger partial charge on any atom is -0.267 e. The van der Waals surface area contributed by atoms with Gasteiger partial charge in [0, 0.05) is 24.0 Å². The van der Waals surface area contributed by atoms with Gasteiger partial charge in [0.1, 0.15) is 5.84 Å². The molecule has 1 aromatic rings. The molecule has 0 aromatic carbocycles. The average Bonchev–Trinajstić information content (AvgIpc) is 2.98. The van der Waals surface area contributed by atoms with Crippen LogP contribution in [-0.4, -0.2) is 23.1 Å². The van der Waals surface area contributed by atoms with Crippen molar-refractivity contribution in [1.29, 1.82) is 0 Å². The lowest BCUT2D eigenvalue weighted by Gasteiger charge is -1.95. The van der Waals surface area contributed by atoms with Crippen LogP contribution in [0.1, 0.15) is 19.0 Å². The van der Waals surface area contributed by atoms with Gasteiger partial charge in [-0.15, -0.1) is 0 Å². The third-order valence-electron chi connectivity index (χ3n) is 2.42. The molecule has 2 heterocycles. The molecule has 0 radical (unpaired) electrons. The van der Waals surface area contributed by atoms with Crippen molar-refractivity contribution in [1.82, 2.24) is 4.98 Å². The first-order chi connectivity index (χ1) is 7.25. The van der Waals surface area contributed by atoms with Gasteiger partial charge in [-0.2, -0.15) is 0 Å². The van der Waals surface area contributed by atoms with E-state index in [-0.39, 0.29) is 0 Å². The summed E-state index contributed by atoms with van der Waals surface area (Å²) in [7, 11) is 0. The molecule has 3 heteroatoms. The molecule has 1 aliphatic heterocycles. The molecule has 1 aromatic heterocycles. The third kappa shape index (κ3) is 2.98. The van der Waals surface area contributed by atoms with Crippen molar-refractivity contribution in [3.05, 3.63) is 30.1 Å². The Labute approximate surface area is 90.0 Å². The van der Waals surface area contributed by atoms with Crippen molar-refractivity contribution in [3.63, 3.8) is 0 Å². The number of aryl methyl sites for hydroxylation is 1. The van der Waals surface area contributed by atoms with E-state index in [1.54, 1.807) is 6.20 Å². The van der Waals surface area contributed by atoms with Crippen LogP contribution in [0, 0.1) is 12.8 Å². The zero-order chi connectivity index (χ0) is 10.7. The Morgan fingerprint density at radius 3 is 2.60 bits per heavy atom. The maximum absolute atomic E-state index is 4.28. The monoisotopic (exact) mass is 201 g/mol. The van der Waals surface area contributed by atoms with E-state index in [4.69, 9.17) is 0 Å². The summed E-state index contributed by atoms with van der Waals surface area (Å²) in [6, 6.07) is 6.47. The first kappa shape index (κ1) is 10.0. The lowest BCUT2D eigenvalue weighted by Crippen LogP contribution is -1.99. The molecule has 2 unspecified atom stereocenters. The summed E-state index contributed by atoms with van der Waals surface area (Å²) in [5.41, 5.74) is 1.07. The number of aliphatic imine (C=N–C) groups is 2. The van der Waals surface area contributed by atoms with E-state index in [0.29, 0.717) is 12.0 Å². The molecule has 1 aliphatic carbocycles. The molecule has 0 amide bonds. The first-order valence-electron chi connectivity index (χ1n) is 5.22. The molecule has 78 valence electrons. The number of fused-ring (bicyclic) bond motifs is 1. The minimum atomic E-state index is 0.618. The summed E-state index contributed by atoms with van der Waals surface area (Å²) in [4.78, 5) is 12.3. The highest BCUT2D eigenvalue weighted by molar-refractivity contribution is 5.91. The normalized spacial score (nSPS) is 25.9. The number of rotatable bonds is 0. The number of amidine groups is 1. The number of pyridine rings is 1. The van der Waals surface area contributed by atoms with Crippen LogP contribution in [0.3, 0.4) is 0 Å². The highest BCUT2D eigenvalue weighted by Crippen LogP contribution is 2.34. The highest BCUT2D eigenvalue weighted by Gasteiger charge is 2.37. The van der Waals surface area contributed by atoms with Crippen molar-refractivity contribution in [2.24, 2.45) is 15.9 Å². The number of nitrogens with zero attached hydrogens (tertiary/aromatic N) is 3. The van der Waals surface area contributed by atoms with Gasteiger partial charge in [0.05, 0.1) is 6.04 Å². The van der Waals surface area contributed by atoms with Crippen molar-refractivity contribution in [2.75, 3.05) is 0 Å². The quantitative estimate of drug-likeness (QED) is 0.634. The van der Waals surface area contributed by atoms with Crippen LogP contribution < -0.4 is 0 Å². The van der Waals surface area contributed by atoms with E-state index in [0.717, 1.165) is 11.5 Å². The zero-order valence-electron chi connectivity index (χ0n) is 9.09. The summed E-state index contributed by atoms with van der Waals surface area (Å²) in [5, 5.41) is 0. The van der Waals surface area contributed by atoms with Gasteiger partial charge in [-0.1, -0.05) is 6.07 Å². The van der Waals surface area contributed by atoms with Gasteiger partial charge in [0.2, 0.25) is 0 Å². The zero-order valence-corrected chi connectivity index (χ0v) is 9.09. The molecule has 2 aliphatic rings. The van der Waals surface area contributed by atoms with Gasteiger partial charge in [0.15, 0.2) is 0 Å². The van der Waals surface area contributed by atoms with Gasteiger partial charge in [-0.25, -0.2) is 4.99 Å². The molecule has 3 nitrogen and oxygen atoms in total. The second-order valence-electron chi connectivity index (χ2n) is 3.89. The Morgan fingerprint density at radius 2 is 2.13 bits per heavy atom. The minimum absolute atomic E-state index is 0.618. The standard InChI is InChI=1S/C6H8N2.C6H7N/c1-4-7-3-5-2-6(5)8-4;1-6-4-2-3-5-7-6/h3,5-6H,2H2,1H3;2-5H,1H3. The Balaban J connectivity index is 0.000000115.